The maximum Gasteiger partial charge on any atom is 0.264 e. The lowest BCUT2D eigenvalue weighted by Crippen LogP contribution is -2.49. The second kappa shape index (κ2) is 11.7. The van der Waals surface area contributed by atoms with Gasteiger partial charge in [-0.25, -0.2) is 13.9 Å². The van der Waals surface area contributed by atoms with Gasteiger partial charge in [-0.3, -0.25) is 24.5 Å². The van der Waals surface area contributed by atoms with Gasteiger partial charge in [-0.2, -0.15) is 0 Å². The molecule has 1 aliphatic heterocycles. The fourth-order valence-corrected chi connectivity index (χ4v) is 4.74. The zero-order chi connectivity index (χ0) is 26.3. The number of hydrogen-bond acceptors (Lipinski definition) is 8. The van der Waals surface area contributed by atoms with Gasteiger partial charge in [-0.15, -0.1) is 0 Å². The third-order valence-corrected chi connectivity index (χ3v) is 8.44. The molecule has 0 radical (unpaired) electrons. The fourth-order valence-electron chi connectivity index (χ4n) is 3.90. The van der Waals surface area contributed by atoms with Gasteiger partial charge < -0.3 is 14.6 Å². The predicted molar refractivity (Wildman–Crippen MR) is 133 cm³/mol. The molecular weight excluding hydrogens is 488 g/mol. The molecule has 1 aromatic carbocycles. The first-order chi connectivity index (χ1) is 17.0. The molecule has 1 fully saturated rings. The summed E-state index contributed by atoms with van der Waals surface area (Å²) < 4.78 is 29.4. The van der Waals surface area contributed by atoms with E-state index in [0.717, 1.165) is 31.3 Å². The first-order valence-electron chi connectivity index (χ1n) is 11.6. The summed E-state index contributed by atoms with van der Waals surface area (Å²) >= 11 is 0. The van der Waals surface area contributed by atoms with Gasteiger partial charge in [0.1, 0.15) is 5.75 Å². The van der Waals surface area contributed by atoms with Crippen LogP contribution in [0.4, 0.5) is 0 Å². The van der Waals surface area contributed by atoms with Gasteiger partial charge in [0, 0.05) is 44.7 Å². The molecule has 3 N–H and O–H groups in total. The third-order valence-electron chi connectivity index (χ3n) is 6.42. The van der Waals surface area contributed by atoms with Crippen LogP contribution in [0.5, 0.6) is 5.75 Å². The number of sulfone groups is 1. The van der Waals surface area contributed by atoms with Gasteiger partial charge in [0.2, 0.25) is 5.91 Å². The van der Waals surface area contributed by atoms with E-state index in [1.165, 1.54) is 23.0 Å². The number of amides is 2. The Kier molecular flexibility index (Phi) is 8.88. The molecule has 2 aromatic rings. The first-order valence-corrected chi connectivity index (χ1v) is 13.5. The molecular formula is C24H32N4O7S. The number of nitrogens with zero attached hydrogens (tertiary/aromatic N) is 2. The summed E-state index contributed by atoms with van der Waals surface area (Å²) in [6.45, 7) is 4.43. The van der Waals surface area contributed by atoms with Crippen molar-refractivity contribution >= 4 is 21.7 Å². The van der Waals surface area contributed by atoms with Crippen LogP contribution in [0.2, 0.25) is 0 Å². The topological polar surface area (TPSA) is 147 Å². The van der Waals surface area contributed by atoms with Crippen molar-refractivity contribution in [2.75, 3.05) is 39.0 Å². The van der Waals surface area contributed by atoms with Crippen molar-refractivity contribution in [2.45, 2.75) is 31.1 Å². The van der Waals surface area contributed by atoms with Crippen molar-refractivity contribution in [3.63, 3.8) is 0 Å². The molecule has 2 amide bonds. The summed E-state index contributed by atoms with van der Waals surface area (Å²) in [6, 6.07) is 10.5. The zero-order valence-electron chi connectivity index (χ0n) is 20.4. The average molecular weight is 521 g/mol. The Balaban J connectivity index is 1.56. The molecule has 1 atom stereocenters. The van der Waals surface area contributed by atoms with Gasteiger partial charge in [0.25, 0.3) is 11.5 Å². The van der Waals surface area contributed by atoms with E-state index in [0.29, 0.717) is 31.0 Å². The molecule has 1 aliphatic rings. The summed E-state index contributed by atoms with van der Waals surface area (Å²) in [5, 5.41) is 11.7. The van der Waals surface area contributed by atoms with E-state index in [-0.39, 0.29) is 24.4 Å². The molecule has 1 saturated heterocycles. The first kappa shape index (κ1) is 27.4. The number of hydrogen-bond donors (Lipinski definition) is 3. The minimum Gasteiger partial charge on any atom is -0.494 e. The Morgan fingerprint density at radius 2 is 1.89 bits per heavy atom. The quantitative estimate of drug-likeness (QED) is 0.219. The number of carbonyl (C=O) groups excluding carboxylic acids is 2. The number of aromatic nitrogens is 1. The molecule has 196 valence electrons. The molecule has 0 bridgehead atoms. The van der Waals surface area contributed by atoms with Crippen LogP contribution < -0.4 is 21.1 Å². The van der Waals surface area contributed by atoms with E-state index in [9.17, 15) is 22.8 Å². The van der Waals surface area contributed by atoms with Crippen molar-refractivity contribution in [1.82, 2.24) is 20.3 Å². The molecule has 2 heterocycles. The largest absolute Gasteiger partial charge is 0.494 e. The molecule has 0 spiro atoms. The van der Waals surface area contributed by atoms with Crippen LogP contribution in [-0.2, 0) is 26.0 Å². The molecule has 1 unspecified atom stereocenters. The van der Waals surface area contributed by atoms with Crippen molar-refractivity contribution in [3.8, 4) is 16.9 Å². The van der Waals surface area contributed by atoms with E-state index >= 15 is 0 Å². The van der Waals surface area contributed by atoms with Crippen molar-refractivity contribution in [2.24, 2.45) is 0 Å². The predicted octanol–water partition coefficient (Wildman–Crippen LogP) is 0.415. The standard InChI is InChI=1S/C24H32N4O7S/c1-24(23(31)26-32,36(2,33)34)9-13-28-12-8-19(16-22(28)30)18-4-6-20(7-5-18)35-15-3-11-27-14-10-25-21(29)17-27/h4-8,12,16,32H,3,9-11,13-15,17H2,1-2H3,(H,25,29)(H,26,31). The van der Waals surface area contributed by atoms with Gasteiger partial charge in [-0.1, -0.05) is 12.1 Å². The maximum absolute atomic E-state index is 12.6. The Labute approximate surface area is 209 Å². The van der Waals surface area contributed by atoms with Crippen molar-refractivity contribution in [3.05, 3.63) is 52.9 Å². The van der Waals surface area contributed by atoms with Crippen LogP contribution in [0.25, 0.3) is 11.1 Å². The Morgan fingerprint density at radius 3 is 2.50 bits per heavy atom. The number of benzene rings is 1. The second-order valence-electron chi connectivity index (χ2n) is 8.99. The molecule has 0 saturated carbocycles. The van der Waals surface area contributed by atoms with E-state index < -0.39 is 20.5 Å². The number of pyridine rings is 1. The van der Waals surface area contributed by atoms with Crippen LogP contribution in [0.3, 0.4) is 0 Å². The number of piperazine rings is 1. The SMILES string of the molecule is CC(CCn1ccc(-c2ccc(OCCCN3CCNC(=O)C3)cc2)cc1=O)(C(=O)NO)S(C)(=O)=O. The van der Waals surface area contributed by atoms with Crippen LogP contribution in [0, 0.1) is 0 Å². The minimum absolute atomic E-state index is 0.0228. The minimum atomic E-state index is -3.85. The molecule has 3 rings (SSSR count). The van der Waals surface area contributed by atoms with Crippen molar-refractivity contribution < 1.29 is 28.0 Å². The lowest BCUT2D eigenvalue weighted by atomic mass is 10.1. The van der Waals surface area contributed by atoms with E-state index in [1.54, 1.807) is 12.3 Å². The number of aryl methyl sites for hydroxylation is 1. The van der Waals surface area contributed by atoms with Gasteiger partial charge in [-0.05, 0) is 49.1 Å². The number of hydroxylamine groups is 1. The average Bonchev–Trinajstić information content (AvgIpc) is 2.85. The summed E-state index contributed by atoms with van der Waals surface area (Å²) in [5.41, 5.74) is 2.55. The van der Waals surface area contributed by atoms with Gasteiger partial charge in [0.05, 0.1) is 13.2 Å². The fraction of sp³-hybridized carbons (Fsp3) is 0.458. The highest BCUT2D eigenvalue weighted by Gasteiger charge is 2.43. The van der Waals surface area contributed by atoms with Crippen LogP contribution in [0.15, 0.2) is 47.4 Å². The number of rotatable bonds is 11. The lowest BCUT2D eigenvalue weighted by molar-refractivity contribution is -0.131. The number of nitrogens with one attached hydrogen (secondary N) is 2. The highest BCUT2D eigenvalue weighted by atomic mass is 32.2. The van der Waals surface area contributed by atoms with Gasteiger partial charge in [0.15, 0.2) is 14.6 Å². The van der Waals surface area contributed by atoms with Crippen LogP contribution in [0.1, 0.15) is 19.8 Å². The smallest absolute Gasteiger partial charge is 0.264 e. The lowest BCUT2D eigenvalue weighted by Gasteiger charge is -2.26. The Morgan fingerprint density at radius 1 is 1.17 bits per heavy atom. The Hall–Kier alpha value is -3.22. The zero-order valence-corrected chi connectivity index (χ0v) is 21.2. The van der Waals surface area contributed by atoms with Crippen LogP contribution in [-0.4, -0.2) is 78.7 Å². The summed E-state index contributed by atoms with van der Waals surface area (Å²) in [6.07, 6.45) is 3.07. The molecule has 1 aromatic heterocycles. The monoisotopic (exact) mass is 520 g/mol. The van der Waals surface area contributed by atoms with E-state index in [2.05, 4.69) is 10.2 Å². The summed E-state index contributed by atoms with van der Waals surface area (Å²) in [5.74, 6) is -0.298. The number of ether oxygens (including phenoxy) is 1. The second-order valence-corrected chi connectivity index (χ2v) is 11.4. The highest BCUT2D eigenvalue weighted by Crippen LogP contribution is 2.23. The number of carbonyl (C=O) groups is 2. The molecule has 0 aliphatic carbocycles. The van der Waals surface area contributed by atoms with Crippen molar-refractivity contribution in [1.29, 1.82) is 0 Å². The normalized spacial score (nSPS) is 16.1. The summed E-state index contributed by atoms with van der Waals surface area (Å²) in [4.78, 5) is 38.1. The highest BCUT2D eigenvalue weighted by molar-refractivity contribution is 7.92. The maximum atomic E-state index is 12.6. The molecule has 12 heteroatoms. The van der Waals surface area contributed by atoms with Crippen LogP contribution >= 0.6 is 0 Å². The van der Waals surface area contributed by atoms with E-state index in [1.807, 2.05) is 24.3 Å². The summed E-state index contributed by atoms with van der Waals surface area (Å²) in [7, 11) is -3.85. The van der Waals surface area contributed by atoms with E-state index in [4.69, 9.17) is 9.94 Å². The van der Waals surface area contributed by atoms with Gasteiger partial charge >= 0.3 is 0 Å². The Bertz CT molecular complexity index is 1240. The third kappa shape index (κ3) is 6.71. The molecule has 11 nitrogen and oxygen atoms in total. The molecule has 36 heavy (non-hydrogen) atoms.